The van der Waals surface area contributed by atoms with Crippen molar-refractivity contribution >= 4 is 5.97 Å². The summed E-state index contributed by atoms with van der Waals surface area (Å²) in [7, 11) is 1.57. The molecule has 1 heterocycles. The standard InChI is InChI=1S/C19H15NO3/c1-13-17(14-6-4-3-5-7-14)19(12-20,23-18(13)21)15-8-10-16(22-2)11-9-15/h3-11,17H,1H2,2H3. The fraction of sp³-hybridized carbons (Fsp3) is 0.158. The Labute approximate surface area is 134 Å². The van der Waals surface area contributed by atoms with Gasteiger partial charge in [0.15, 0.2) is 0 Å². The van der Waals surface area contributed by atoms with E-state index in [4.69, 9.17) is 9.47 Å². The van der Waals surface area contributed by atoms with Gasteiger partial charge in [0.2, 0.25) is 5.60 Å². The van der Waals surface area contributed by atoms with E-state index in [1.54, 1.807) is 31.4 Å². The lowest BCUT2D eigenvalue weighted by atomic mass is 9.76. The van der Waals surface area contributed by atoms with Gasteiger partial charge in [0.25, 0.3) is 0 Å². The highest BCUT2D eigenvalue weighted by molar-refractivity contribution is 5.94. The Kier molecular flexibility index (Phi) is 3.63. The molecule has 0 bridgehead atoms. The van der Waals surface area contributed by atoms with Crippen LogP contribution in [0.4, 0.5) is 0 Å². The maximum absolute atomic E-state index is 12.1. The molecule has 2 unspecified atom stereocenters. The van der Waals surface area contributed by atoms with Gasteiger partial charge in [-0.15, -0.1) is 0 Å². The van der Waals surface area contributed by atoms with Crippen molar-refractivity contribution in [1.82, 2.24) is 0 Å². The number of carbonyl (C=O) groups is 1. The Morgan fingerprint density at radius 2 is 1.83 bits per heavy atom. The summed E-state index contributed by atoms with van der Waals surface area (Å²) in [4.78, 5) is 12.1. The summed E-state index contributed by atoms with van der Waals surface area (Å²) < 4.78 is 10.6. The average Bonchev–Trinajstić information content (AvgIpc) is 2.87. The first-order valence-corrected chi connectivity index (χ1v) is 7.15. The first-order chi connectivity index (χ1) is 11.1. The molecule has 0 aliphatic carbocycles. The van der Waals surface area contributed by atoms with Crippen molar-refractivity contribution in [3.8, 4) is 11.8 Å². The third-order valence-electron chi connectivity index (χ3n) is 4.09. The Morgan fingerprint density at radius 3 is 2.39 bits per heavy atom. The van der Waals surface area contributed by atoms with Gasteiger partial charge in [-0.25, -0.2) is 4.79 Å². The highest BCUT2D eigenvalue weighted by Crippen LogP contribution is 2.49. The summed E-state index contributed by atoms with van der Waals surface area (Å²) in [5.74, 6) is -0.424. The average molecular weight is 305 g/mol. The van der Waals surface area contributed by atoms with E-state index in [9.17, 15) is 10.1 Å². The molecule has 1 saturated heterocycles. The van der Waals surface area contributed by atoms with Gasteiger partial charge in [0, 0.05) is 11.1 Å². The molecule has 1 fully saturated rings. The number of hydrogen-bond acceptors (Lipinski definition) is 4. The number of carbonyl (C=O) groups excluding carboxylic acids is 1. The molecule has 1 aliphatic rings. The Morgan fingerprint density at radius 1 is 1.17 bits per heavy atom. The van der Waals surface area contributed by atoms with E-state index in [1.165, 1.54) is 0 Å². The van der Waals surface area contributed by atoms with Crippen molar-refractivity contribution in [2.75, 3.05) is 7.11 Å². The van der Waals surface area contributed by atoms with Crippen molar-refractivity contribution in [3.63, 3.8) is 0 Å². The molecular formula is C19H15NO3. The molecule has 0 spiro atoms. The maximum atomic E-state index is 12.1. The van der Waals surface area contributed by atoms with Crippen LogP contribution < -0.4 is 4.74 Å². The highest BCUT2D eigenvalue weighted by Gasteiger charge is 2.54. The lowest BCUT2D eigenvalue weighted by Crippen LogP contribution is -2.30. The van der Waals surface area contributed by atoms with Crippen LogP contribution in [0, 0.1) is 11.3 Å². The van der Waals surface area contributed by atoms with E-state index in [1.807, 2.05) is 30.3 Å². The second-order valence-electron chi connectivity index (χ2n) is 5.33. The van der Waals surface area contributed by atoms with Gasteiger partial charge in [-0.2, -0.15) is 5.26 Å². The summed E-state index contributed by atoms with van der Waals surface area (Å²) in [5, 5.41) is 9.86. The van der Waals surface area contributed by atoms with Crippen LogP contribution in [-0.2, 0) is 15.1 Å². The van der Waals surface area contributed by atoms with Crippen LogP contribution in [0.25, 0.3) is 0 Å². The third kappa shape index (κ3) is 2.27. The monoisotopic (exact) mass is 305 g/mol. The van der Waals surface area contributed by atoms with Crippen LogP contribution in [0.5, 0.6) is 5.75 Å². The first kappa shape index (κ1) is 14.9. The predicted molar refractivity (Wildman–Crippen MR) is 84.7 cm³/mol. The normalized spacial score (nSPS) is 23.2. The van der Waals surface area contributed by atoms with Crippen molar-refractivity contribution in [2.24, 2.45) is 0 Å². The van der Waals surface area contributed by atoms with Gasteiger partial charge in [-0.3, -0.25) is 0 Å². The molecule has 0 aromatic heterocycles. The van der Waals surface area contributed by atoms with Crippen molar-refractivity contribution in [1.29, 1.82) is 5.26 Å². The minimum atomic E-state index is -1.41. The zero-order chi connectivity index (χ0) is 16.4. The van der Waals surface area contributed by atoms with Gasteiger partial charge in [0.1, 0.15) is 11.8 Å². The summed E-state index contributed by atoms with van der Waals surface area (Å²) in [6.07, 6.45) is 0. The van der Waals surface area contributed by atoms with Crippen molar-refractivity contribution < 1.29 is 14.3 Å². The number of hydrogen-bond donors (Lipinski definition) is 0. The van der Waals surface area contributed by atoms with Gasteiger partial charge in [-0.05, 0) is 17.7 Å². The molecule has 0 radical (unpaired) electrons. The summed E-state index contributed by atoms with van der Waals surface area (Å²) in [6.45, 7) is 3.85. The van der Waals surface area contributed by atoms with E-state index in [-0.39, 0.29) is 5.57 Å². The molecule has 4 nitrogen and oxygen atoms in total. The molecule has 0 N–H and O–H groups in total. The number of esters is 1. The second kappa shape index (κ2) is 5.62. The van der Waals surface area contributed by atoms with E-state index in [0.717, 1.165) is 5.56 Å². The Bertz CT molecular complexity index is 790. The second-order valence-corrected chi connectivity index (χ2v) is 5.33. The first-order valence-electron chi connectivity index (χ1n) is 7.15. The number of methoxy groups -OCH3 is 1. The molecule has 114 valence electrons. The summed E-state index contributed by atoms with van der Waals surface area (Å²) >= 11 is 0. The summed E-state index contributed by atoms with van der Waals surface area (Å²) in [6, 6.07) is 18.5. The predicted octanol–water partition coefficient (Wildman–Crippen LogP) is 3.31. The van der Waals surface area contributed by atoms with Gasteiger partial charge < -0.3 is 9.47 Å². The minimum absolute atomic E-state index is 0.286. The molecule has 0 amide bonds. The minimum Gasteiger partial charge on any atom is -0.497 e. The topological polar surface area (TPSA) is 59.3 Å². The van der Waals surface area contributed by atoms with Gasteiger partial charge in [-0.1, -0.05) is 49.0 Å². The van der Waals surface area contributed by atoms with Crippen molar-refractivity contribution in [2.45, 2.75) is 11.5 Å². The quantitative estimate of drug-likeness (QED) is 0.645. The van der Waals surface area contributed by atoms with Crippen molar-refractivity contribution in [3.05, 3.63) is 77.9 Å². The van der Waals surface area contributed by atoms with E-state index in [2.05, 4.69) is 12.6 Å². The van der Waals surface area contributed by atoms with Gasteiger partial charge >= 0.3 is 5.97 Å². The maximum Gasteiger partial charge on any atom is 0.336 e. The number of rotatable bonds is 3. The fourth-order valence-corrected chi connectivity index (χ4v) is 2.93. The smallest absolute Gasteiger partial charge is 0.336 e. The number of nitrogens with zero attached hydrogens (tertiary/aromatic N) is 1. The summed E-state index contributed by atoms with van der Waals surface area (Å²) in [5.41, 5.74) is 0.290. The lowest BCUT2D eigenvalue weighted by molar-refractivity contribution is -0.143. The molecule has 1 aliphatic heterocycles. The molecule has 4 heteroatoms. The molecule has 23 heavy (non-hydrogen) atoms. The molecule has 0 saturated carbocycles. The molecule has 2 aromatic carbocycles. The largest absolute Gasteiger partial charge is 0.497 e. The SMILES string of the molecule is C=C1C(=O)OC(C#N)(c2ccc(OC)cc2)C1c1ccccc1. The Hall–Kier alpha value is -3.06. The van der Waals surface area contributed by atoms with Crippen LogP contribution in [0.15, 0.2) is 66.7 Å². The number of benzene rings is 2. The number of ether oxygens (including phenoxy) is 2. The third-order valence-corrected chi connectivity index (χ3v) is 4.09. The van der Waals surface area contributed by atoms with E-state index < -0.39 is 17.5 Å². The number of cyclic esters (lactones) is 1. The zero-order valence-corrected chi connectivity index (χ0v) is 12.7. The Balaban J connectivity index is 2.16. The van der Waals surface area contributed by atoms with Crippen LogP contribution >= 0.6 is 0 Å². The van der Waals surface area contributed by atoms with Crippen LogP contribution in [0.1, 0.15) is 17.0 Å². The van der Waals surface area contributed by atoms with Crippen LogP contribution in [0.3, 0.4) is 0 Å². The zero-order valence-electron chi connectivity index (χ0n) is 12.7. The van der Waals surface area contributed by atoms with E-state index >= 15 is 0 Å². The van der Waals surface area contributed by atoms with Crippen LogP contribution in [0.2, 0.25) is 0 Å². The van der Waals surface area contributed by atoms with E-state index in [0.29, 0.717) is 11.3 Å². The molecular weight excluding hydrogens is 290 g/mol. The van der Waals surface area contributed by atoms with Gasteiger partial charge in [0.05, 0.1) is 13.0 Å². The fourth-order valence-electron chi connectivity index (χ4n) is 2.93. The molecule has 3 rings (SSSR count). The molecule has 2 aromatic rings. The lowest BCUT2D eigenvalue weighted by Gasteiger charge is -2.27. The molecule has 2 atom stereocenters. The number of nitriles is 1. The van der Waals surface area contributed by atoms with Crippen LogP contribution in [-0.4, -0.2) is 13.1 Å². The highest BCUT2D eigenvalue weighted by atomic mass is 16.6.